The third-order valence-corrected chi connectivity index (χ3v) is 2.71. The lowest BCUT2D eigenvalue weighted by atomic mass is 10.3. The van der Waals surface area contributed by atoms with Gasteiger partial charge in [0.25, 0.3) is 0 Å². The van der Waals surface area contributed by atoms with Crippen molar-refractivity contribution >= 4 is 21.6 Å². The van der Waals surface area contributed by atoms with Crippen LogP contribution in [0.1, 0.15) is 12.8 Å². The summed E-state index contributed by atoms with van der Waals surface area (Å²) in [6.45, 7) is 1.11. The number of nitrogens with two attached hydrogens (primary N) is 1. The minimum atomic E-state index is 0.298. The molecule has 1 aliphatic rings. The minimum absolute atomic E-state index is 0.298. The second-order valence-corrected chi connectivity index (χ2v) is 4.71. The first-order valence-electron chi connectivity index (χ1n) is 5.00. The number of hydrogen-bond acceptors (Lipinski definition) is 3. The van der Waals surface area contributed by atoms with E-state index >= 15 is 0 Å². The summed E-state index contributed by atoms with van der Waals surface area (Å²) in [5, 5.41) is 0. The smallest absolute Gasteiger partial charge is 0.189 e. The molecular formula is C11H14BrNO2. The van der Waals surface area contributed by atoms with Crippen LogP contribution in [0.25, 0.3) is 0 Å². The molecule has 15 heavy (non-hydrogen) atoms. The Balaban J connectivity index is 1.76. The van der Waals surface area contributed by atoms with Gasteiger partial charge in [0.05, 0.1) is 6.61 Å². The highest BCUT2D eigenvalue weighted by molar-refractivity contribution is 9.10. The van der Waals surface area contributed by atoms with Crippen LogP contribution in [0, 0.1) is 5.92 Å². The van der Waals surface area contributed by atoms with E-state index < -0.39 is 0 Å². The largest absolute Gasteiger partial charge is 0.467 e. The van der Waals surface area contributed by atoms with Crippen LogP contribution in [0.4, 0.5) is 5.69 Å². The number of anilines is 1. The fourth-order valence-corrected chi connectivity index (χ4v) is 1.77. The molecule has 0 aliphatic heterocycles. The first-order chi connectivity index (χ1) is 7.24. The molecule has 1 saturated carbocycles. The summed E-state index contributed by atoms with van der Waals surface area (Å²) in [4.78, 5) is 0. The summed E-state index contributed by atoms with van der Waals surface area (Å²) < 4.78 is 11.7. The van der Waals surface area contributed by atoms with Crippen molar-refractivity contribution in [2.75, 3.05) is 19.1 Å². The zero-order chi connectivity index (χ0) is 10.7. The van der Waals surface area contributed by atoms with E-state index in [4.69, 9.17) is 15.2 Å². The lowest BCUT2D eigenvalue weighted by Gasteiger charge is -2.07. The number of rotatable bonds is 5. The molecule has 1 aromatic rings. The minimum Gasteiger partial charge on any atom is -0.467 e. The second kappa shape index (κ2) is 4.86. The van der Waals surface area contributed by atoms with Crippen LogP contribution < -0.4 is 10.5 Å². The van der Waals surface area contributed by atoms with E-state index in [1.807, 2.05) is 12.1 Å². The standard InChI is InChI=1S/C11H14BrNO2/c12-9-3-10(13)5-11(4-9)15-7-14-6-8-1-2-8/h3-5,8H,1-2,6-7,13H2. The van der Waals surface area contributed by atoms with Gasteiger partial charge in [-0.2, -0.15) is 0 Å². The Bertz CT molecular complexity index is 319. The highest BCUT2D eigenvalue weighted by Gasteiger charge is 2.21. The Kier molecular flexibility index (Phi) is 3.49. The number of halogens is 1. The molecule has 0 bridgehead atoms. The molecule has 0 aromatic heterocycles. The molecule has 1 aromatic carbocycles. The Hall–Kier alpha value is -0.740. The first kappa shape index (κ1) is 10.8. The first-order valence-corrected chi connectivity index (χ1v) is 5.80. The van der Waals surface area contributed by atoms with Gasteiger partial charge in [-0.3, -0.25) is 0 Å². The van der Waals surface area contributed by atoms with Gasteiger partial charge in [0, 0.05) is 16.2 Å². The highest BCUT2D eigenvalue weighted by Crippen LogP contribution is 2.29. The summed E-state index contributed by atoms with van der Waals surface area (Å²) in [6, 6.07) is 5.49. The van der Waals surface area contributed by atoms with E-state index in [0.717, 1.165) is 22.7 Å². The molecule has 3 nitrogen and oxygen atoms in total. The van der Waals surface area contributed by atoms with E-state index in [-0.39, 0.29) is 0 Å². The molecule has 0 saturated heterocycles. The van der Waals surface area contributed by atoms with Gasteiger partial charge in [-0.05, 0) is 30.9 Å². The second-order valence-electron chi connectivity index (χ2n) is 3.80. The Labute approximate surface area is 97.7 Å². The Morgan fingerprint density at radius 1 is 1.33 bits per heavy atom. The molecular weight excluding hydrogens is 258 g/mol. The zero-order valence-corrected chi connectivity index (χ0v) is 10.00. The van der Waals surface area contributed by atoms with Gasteiger partial charge in [0.1, 0.15) is 5.75 Å². The predicted molar refractivity (Wildman–Crippen MR) is 62.7 cm³/mol. The van der Waals surface area contributed by atoms with E-state index in [0.29, 0.717) is 12.5 Å². The van der Waals surface area contributed by atoms with Crippen LogP contribution in [-0.2, 0) is 4.74 Å². The summed E-state index contributed by atoms with van der Waals surface area (Å²) in [5.41, 5.74) is 6.35. The third-order valence-electron chi connectivity index (χ3n) is 2.25. The fraction of sp³-hybridized carbons (Fsp3) is 0.455. The van der Waals surface area contributed by atoms with Crippen LogP contribution in [0.15, 0.2) is 22.7 Å². The molecule has 0 radical (unpaired) electrons. The summed E-state index contributed by atoms with van der Waals surface area (Å²) in [7, 11) is 0. The molecule has 0 spiro atoms. The van der Waals surface area contributed by atoms with Crippen LogP contribution >= 0.6 is 15.9 Å². The molecule has 0 unspecified atom stereocenters. The molecule has 1 aliphatic carbocycles. The van der Waals surface area contributed by atoms with Crippen molar-refractivity contribution in [2.24, 2.45) is 5.92 Å². The van der Waals surface area contributed by atoms with Crippen molar-refractivity contribution in [3.8, 4) is 5.75 Å². The average molecular weight is 272 g/mol. The van der Waals surface area contributed by atoms with E-state index in [1.54, 1.807) is 6.07 Å². The van der Waals surface area contributed by atoms with Gasteiger partial charge < -0.3 is 15.2 Å². The fourth-order valence-electron chi connectivity index (χ4n) is 1.28. The molecule has 0 atom stereocenters. The van der Waals surface area contributed by atoms with Gasteiger partial charge in [-0.1, -0.05) is 15.9 Å². The molecule has 2 rings (SSSR count). The number of ether oxygens (including phenoxy) is 2. The molecule has 0 heterocycles. The maximum absolute atomic E-state index is 5.67. The number of benzene rings is 1. The zero-order valence-electron chi connectivity index (χ0n) is 8.41. The lowest BCUT2D eigenvalue weighted by molar-refractivity contribution is 0.00999. The van der Waals surface area contributed by atoms with Crippen molar-refractivity contribution in [1.82, 2.24) is 0 Å². The number of nitrogen functional groups attached to an aromatic ring is 1. The Morgan fingerprint density at radius 2 is 2.13 bits per heavy atom. The van der Waals surface area contributed by atoms with Gasteiger partial charge >= 0.3 is 0 Å². The van der Waals surface area contributed by atoms with Crippen molar-refractivity contribution < 1.29 is 9.47 Å². The monoisotopic (exact) mass is 271 g/mol. The topological polar surface area (TPSA) is 44.5 Å². The maximum Gasteiger partial charge on any atom is 0.189 e. The van der Waals surface area contributed by atoms with E-state index in [1.165, 1.54) is 12.8 Å². The van der Waals surface area contributed by atoms with Gasteiger partial charge in [-0.15, -0.1) is 0 Å². The highest BCUT2D eigenvalue weighted by atomic mass is 79.9. The van der Waals surface area contributed by atoms with Crippen LogP contribution in [0.5, 0.6) is 5.75 Å². The van der Waals surface area contributed by atoms with Crippen LogP contribution in [0.3, 0.4) is 0 Å². The number of hydrogen-bond donors (Lipinski definition) is 1. The van der Waals surface area contributed by atoms with Crippen molar-refractivity contribution in [3.05, 3.63) is 22.7 Å². The molecule has 4 heteroatoms. The van der Waals surface area contributed by atoms with Crippen molar-refractivity contribution in [1.29, 1.82) is 0 Å². The third kappa shape index (κ3) is 3.72. The van der Waals surface area contributed by atoms with Gasteiger partial charge in [-0.25, -0.2) is 0 Å². The summed E-state index contributed by atoms with van der Waals surface area (Å²) >= 11 is 3.35. The summed E-state index contributed by atoms with van der Waals surface area (Å²) in [5.74, 6) is 1.50. The lowest BCUT2D eigenvalue weighted by Crippen LogP contribution is -2.05. The van der Waals surface area contributed by atoms with Crippen LogP contribution in [0.2, 0.25) is 0 Å². The van der Waals surface area contributed by atoms with Gasteiger partial charge in [0.2, 0.25) is 0 Å². The average Bonchev–Trinajstić information content (AvgIpc) is 2.94. The quantitative estimate of drug-likeness (QED) is 0.509. The molecule has 82 valence electrons. The molecule has 0 amide bonds. The molecule has 2 N–H and O–H groups in total. The van der Waals surface area contributed by atoms with Crippen molar-refractivity contribution in [2.45, 2.75) is 12.8 Å². The van der Waals surface area contributed by atoms with E-state index in [2.05, 4.69) is 15.9 Å². The van der Waals surface area contributed by atoms with E-state index in [9.17, 15) is 0 Å². The van der Waals surface area contributed by atoms with Gasteiger partial charge in [0.15, 0.2) is 6.79 Å². The van der Waals surface area contributed by atoms with Crippen LogP contribution in [-0.4, -0.2) is 13.4 Å². The molecule has 1 fully saturated rings. The SMILES string of the molecule is Nc1cc(Br)cc(OCOCC2CC2)c1. The summed E-state index contributed by atoms with van der Waals surface area (Å²) in [6.07, 6.45) is 2.59. The predicted octanol–water partition coefficient (Wildman–Crippen LogP) is 2.79. The normalized spacial score (nSPS) is 15.3. The van der Waals surface area contributed by atoms with Crippen molar-refractivity contribution in [3.63, 3.8) is 0 Å². The Morgan fingerprint density at radius 3 is 2.80 bits per heavy atom. The maximum atomic E-state index is 5.67.